The number of rotatable bonds is 12. The standard InChI is InChI=1S/C22H27NO8S.CH4.FH/c1-14(24)10-11-17(12-13-30-22(26)15(2)29-3)21(25)23-18-8-4-6-16-7-5-9-19(20(16)18)31-32(27)28;;/h4-9,15,17H,10-13H2,1-3H3,(H,23,25)(H,27,28);1H4;1H. The van der Waals surface area contributed by atoms with E-state index in [2.05, 4.69) is 5.32 Å². The Bertz CT molecular complexity index is 995. The number of ether oxygens (including phenoxy) is 2. The van der Waals surface area contributed by atoms with Gasteiger partial charge in [-0.05, 0) is 44.2 Å². The largest absolute Gasteiger partial charge is 0.464 e. The maximum Gasteiger partial charge on any atom is 0.357 e. The Hall–Kier alpha value is -2.89. The van der Waals surface area contributed by atoms with Crippen molar-refractivity contribution in [3.8, 4) is 5.75 Å². The fourth-order valence-corrected chi connectivity index (χ4v) is 3.38. The highest BCUT2D eigenvalue weighted by atomic mass is 32.2. The third kappa shape index (κ3) is 9.16. The van der Waals surface area contributed by atoms with E-state index in [1.165, 1.54) is 20.1 Å². The van der Waals surface area contributed by atoms with Crippen molar-refractivity contribution in [2.45, 2.75) is 46.6 Å². The van der Waals surface area contributed by atoms with Gasteiger partial charge in [0, 0.05) is 24.8 Å². The monoisotopic (exact) mass is 501 g/mol. The molecule has 11 heteroatoms. The molecule has 34 heavy (non-hydrogen) atoms. The van der Waals surface area contributed by atoms with Crippen molar-refractivity contribution in [1.82, 2.24) is 0 Å². The summed E-state index contributed by atoms with van der Waals surface area (Å²) in [5.74, 6) is -1.42. The number of amides is 1. The summed E-state index contributed by atoms with van der Waals surface area (Å²) in [5, 5.41) is 3.99. The average Bonchev–Trinajstić information content (AvgIpc) is 2.74. The molecule has 190 valence electrons. The van der Waals surface area contributed by atoms with E-state index in [0.29, 0.717) is 16.5 Å². The van der Waals surface area contributed by atoms with Crippen LogP contribution in [0.1, 0.15) is 40.5 Å². The number of Topliss-reactive ketones (excluding diaryl/α,β-unsaturated/α-hetero) is 1. The van der Waals surface area contributed by atoms with Crippen LogP contribution in [0.5, 0.6) is 5.75 Å². The summed E-state index contributed by atoms with van der Waals surface area (Å²) >= 11 is -2.53. The molecule has 0 aliphatic rings. The number of carbonyl (C=O) groups is 3. The molecule has 0 radical (unpaired) electrons. The maximum atomic E-state index is 13.0. The van der Waals surface area contributed by atoms with E-state index in [0.717, 1.165) is 0 Å². The van der Waals surface area contributed by atoms with E-state index in [1.54, 1.807) is 37.3 Å². The first kappa shape index (κ1) is 31.1. The van der Waals surface area contributed by atoms with Crippen LogP contribution in [0.3, 0.4) is 0 Å². The molecule has 1 amide bonds. The molecule has 0 bridgehead atoms. The summed E-state index contributed by atoms with van der Waals surface area (Å²) in [7, 11) is 1.39. The molecule has 2 aromatic rings. The zero-order valence-electron chi connectivity index (χ0n) is 18.6. The zero-order chi connectivity index (χ0) is 23.7. The Labute approximate surface area is 201 Å². The van der Waals surface area contributed by atoms with Crippen molar-refractivity contribution >= 4 is 45.5 Å². The third-order valence-electron chi connectivity index (χ3n) is 4.90. The molecule has 0 aromatic heterocycles. The number of carbonyl (C=O) groups excluding carboxylic acids is 3. The van der Waals surface area contributed by atoms with Crippen LogP contribution in [-0.4, -0.2) is 46.2 Å². The summed E-state index contributed by atoms with van der Waals surface area (Å²) < 4.78 is 35.3. The summed E-state index contributed by atoms with van der Waals surface area (Å²) in [4.78, 5) is 36.3. The molecule has 0 heterocycles. The number of hydrogen-bond donors (Lipinski definition) is 2. The van der Waals surface area contributed by atoms with Gasteiger partial charge in [-0.2, -0.15) is 4.21 Å². The summed E-state index contributed by atoms with van der Waals surface area (Å²) in [6, 6.07) is 10.1. The Morgan fingerprint density at radius 2 is 1.76 bits per heavy atom. The number of methoxy groups -OCH3 is 1. The second-order valence-corrected chi connectivity index (χ2v) is 7.82. The van der Waals surface area contributed by atoms with Gasteiger partial charge in [0.2, 0.25) is 5.91 Å². The van der Waals surface area contributed by atoms with Gasteiger partial charge in [-0.15, -0.1) is 0 Å². The Morgan fingerprint density at radius 3 is 2.35 bits per heavy atom. The molecule has 3 unspecified atom stereocenters. The first-order valence-corrected chi connectivity index (χ1v) is 11.1. The van der Waals surface area contributed by atoms with Crippen molar-refractivity contribution in [3.63, 3.8) is 0 Å². The molecule has 0 saturated carbocycles. The number of hydrogen-bond acceptors (Lipinski definition) is 7. The molecule has 2 rings (SSSR count). The molecule has 2 aromatic carbocycles. The number of benzene rings is 2. The highest BCUT2D eigenvalue weighted by Gasteiger charge is 2.22. The number of fused-ring (bicyclic) bond motifs is 1. The lowest BCUT2D eigenvalue weighted by atomic mass is 9.97. The SMILES string of the molecule is C.COC(C)C(=O)OCCC(CCC(C)=O)C(=O)Nc1cccc2cccc(OS(=O)O)c12.F. The first-order chi connectivity index (χ1) is 15.2. The van der Waals surface area contributed by atoms with Crippen molar-refractivity contribution in [1.29, 1.82) is 0 Å². The molecule has 0 aliphatic heterocycles. The number of halogens is 1. The summed E-state index contributed by atoms with van der Waals surface area (Å²) in [5.41, 5.74) is 0.395. The number of esters is 1. The Balaban J connectivity index is 0.00000544. The smallest absolute Gasteiger partial charge is 0.357 e. The van der Waals surface area contributed by atoms with Gasteiger partial charge in [-0.25, -0.2) is 4.79 Å². The predicted molar refractivity (Wildman–Crippen MR) is 129 cm³/mol. The predicted octanol–water partition coefficient (Wildman–Crippen LogP) is 4.04. The van der Waals surface area contributed by atoms with Crippen LogP contribution >= 0.6 is 0 Å². The second kappa shape index (κ2) is 15.1. The Morgan fingerprint density at radius 1 is 1.12 bits per heavy atom. The van der Waals surface area contributed by atoms with E-state index in [4.69, 9.17) is 18.2 Å². The highest BCUT2D eigenvalue weighted by molar-refractivity contribution is 7.74. The average molecular weight is 502 g/mol. The van der Waals surface area contributed by atoms with Gasteiger partial charge in [0.25, 0.3) is 0 Å². The van der Waals surface area contributed by atoms with Crippen molar-refractivity contribution in [3.05, 3.63) is 36.4 Å². The Kier molecular flexibility index (Phi) is 13.8. The van der Waals surface area contributed by atoms with Crippen LogP contribution in [-0.2, 0) is 35.2 Å². The minimum Gasteiger partial charge on any atom is -0.464 e. The summed E-state index contributed by atoms with van der Waals surface area (Å²) in [6.07, 6.45) is -0.0113. The number of nitrogens with one attached hydrogen (secondary N) is 1. The molecular weight excluding hydrogens is 469 g/mol. The van der Waals surface area contributed by atoms with Gasteiger partial charge >= 0.3 is 17.3 Å². The van der Waals surface area contributed by atoms with Gasteiger partial charge in [-0.3, -0.25) is 14.1 Å². The van der Waals surface area contributed by atoms with Gasteiger partial charge < -0.3 is 23.8 Å². The number of ketones is 1. The maximum absolute atomic E-state index is 13.0. The normalized spacial score (nSPS) is 12.9. The third-order valence-corrected chi connectivity index (χ3v) is 5.22. The zero-order valence-corrected chi connectivity index (χ0v) is 19.4. The van der Waals surface area contributed by atoms with E-state index < -0.39 is 29.4 Å². The van der Waals surface area contributed by atoms with Crippen LogP contribution in [0.2, 0.25) is 0 Å². The molecule has 3 atom stereocenters. The molecule has 0 fully saturated rings. The van der Waals surface area contributed by atoms with Crippen molar-refractivity contribution in [2.24, 2.45) is 5.92 Å². The molecule has 0 spiro atoms. The van der Waals surface area contributed by atoms with Crippen LogP contribution in [0.4, 0.5) is 10.4 Å². The van der Waals surface area contributed by atoms with E-state index in [-0.39, 0.29) is 55.4 Å². The van der Waals surface area contributed by atoms with Crippen LogP contribution in [0.15, 0.2) is 36.4 Å². The van der Waals surface area contributed by atoms with Crippen molar-refractivity contribution in [2.75, 3.05) is 19.0 Å². The van der Waals surface area contributed by atoms with Crippen molar-refractivity contribution < 1.29 is 41.5 Å². The molecule has 2 N–H and O–H groups in total. The van der Waals surface area contributed by atoms with E-state index in [1.807, 2.05) is 0 Å². The second-order valence-electron chi connectivity index (χ2n) is 7.22. The van der Waals surface area contributed by atoms with E-state index in [9.17, 15) is 18.6 Å². The van der Waals surface area contributed by atoms with Gasteiger partial charge in [0.05, 0.1) is 12.3 Å². The minimum absolute atomic E-state index is 0. The first-order valence-electron chi connectivity index (χ1n) is 10.0. The van der Waals surface area contributed by atoms with Crippen LogP contribution < -0.4 is 9.50 Å². The number of anilines is 1. The molecule has 0 aliphatic carbocycles. The molecule has 9 nitrogen and oxygen atoms in total. The van der Waals surface area contributed by atoms with Gasteiger partial charge in [0.15, 0.2) is 11.9 Å². The highest BCUT2D eigenvalue weighted by Crippen LogP contribution is 2.33. The lowest BCUT2D eigenvalue weighted by Gasteiger charge is -2.18. The van der Waals surface area contributed by atoms with E-state index >= 15 is 0 Å². The lowest BCUT2D eigenvalue weighted by Crippen LogP contribution is -2.27. The fourth-order valence-electron chi connectivity index (χ4n) is 3.09. The summed E-state index contributed by atoms with van der Waals surface area (Å²) in [6.45, 7) is 3.00. The quantitative estimate of drug-likeness (QED) is 0.329. The topological polar surface area (TPSA) is 128 Å². The molecule has 0 saturated heterocycles. The fraction of sp³-hybridized carbons (Fsp3) is 0.435. The van der Waals surface area contributed by atoms with Gasteiger partial charge in [0.1, 0.15) is 5.78 Å². The lowest BCUT2D eigenvalue weighted by molar-refractivity contribution is -0.155. The van der Waals surface area contributed by atoms with Crippen LogP contribution in [0, 0.1) is 5.92 Å². The minimum atomic E-state index is -2.53. The van der Waals surface area contributed by atoms with Gasteiger partial charge in [-0.1, -0.05) is 31.7 Å². The molecular formula is C23H32FNO8S. The van der Waals surface area contributed by atoms with Crippen LogP contribution in [0.25, 0.3) is 10.8 Å².